The third-order valence-corrected chi connectivity index (χ3v) is 5.86. The summed E-state index contributed by atoms with van der Waals surface area (Å²) in [6.45, 7) is 8.52. The molecule has 0 fully saturated rings. The van der Waals surface area contributed by atoms with Crippen molar-refractivity contribution in [3.63, 3.8) is 0 Å². The molecule has 0 aliphatic heterocycles. The van der Waals surface area contributed by atoms with Gasteiger partial charge >= 0.3 is 0 Å². The van der Waals surface area contributed by atoms with Crippen LogP contribution in [0.5, 0.6) is 0 Å². The first-order valence-corrected chi connectivity index (χ1v) is 8.90. The molecule has 126 valence electrons. The Morgan fingerprint density at radius 2 is 2.25 bits per heavy atom. The molecule has 0 saturated heterocycles. The SMILES string of the molecule is Cc1cc(C(=O)Nc2sc3c(c2C#N)CC[C@H](C(C)(C)C)C3)no1. The first kappa shape index (κ1) is 16.7. The van der Waals surface area contributed by atoms with Crippen LogP contribution in [0, 0.1) is 29.6 Å². The highest BCUT2D eigenvalue weighted by Gasteiger charge is 2.32. The Morgan fingerprint density at radius 1 is 1.50 bits per heavy atom. The highest BCUT2D eigenvalue weighted by Crippen LogP contribution is 2.44. The van der Waals surface area contributed by atoms with Gasteiger partial charge in [-0.1, -0.05) is 25.9 Å². The van der Waals surface area contributed by atoms with Gasteiger partial charge in [-0.15, -0.1) is 11.3 Å². The molecular formula is C18H21N3O2S. The van der Waals surface area contributed by atoms with Crippen LogP contribution in [0.2, 0.25) is 0 Å². The molecule has 0 spiro atoms. The fourth-order valence-electron chi connectivity index (χ4n) is 3.17. The monoisotopic (exact) mass is 343 g/mol. The fourth-order valence-corrected chi connectivity index (χ4v) is 4.44. The number of rotatable bonds is 2. The van der Waals surface area contributed by atoms with Crippen LogP contribution in [0.15, 0.2) is 10.6 Å². The lowest BCUT2D eigenvalue weighted by Gasteiger charge is -2.33. The Kier molecular flexibility index (Phi) is 4.22. The van der Waals surface area contributed by atoms with E-state index in [1.807, 2.05) is 0 Å². The van der Waals surface area contributed by atoms with Gasteiger partial charge in [-0.05, 0) is 43.1 Å². The second kappa shape index (κ2) is 6.06. The molecular weight excluding hydrogens is 322 g/mol. The molecule has 3 rings (SSSR count). The highest BCUT2D eigenvalue weighted by molar-refractivity contribution is 7.16. The first-order valence-electron chi connectivity index (χ1n) is 8.09. The van der Waals surface area contributed by atoms with Crippen molar-refractivity contribution in [2.24, 2.45) is 11.3 Å². The minimum Gasteiger partial charge on any atom is -0.361 e. The molecule has 0 bridgehead atoms. The molecule has 2 heterocycles. The van der Waals surface area contributed by atoms with Crippen LogP contribution >= 0.6 is 11.3 Å². The van der Waals surface area contributed by atoms with E-state index in [0.717, 1.165) is 24.8 Å². The topological polar surface area (TPSA) is 78.9 Å². The molecule has 5 nitrogen and oxygen atoms in total. The smallest absolute Gasteiger partial charge is 0.278 e. The van der Waals surface area contributed by atoms with E-state index in [-0.39, 0.29) is 17.0 Å². The Hall–Kier alpha value is -2.13. The van der Waals surface area contributed by atoms with E-state index in [1.54, 1.807) is 13.0 Å². The summed E-state index contributed by atoms with van der Waals surface area (Å²) in [6.07, 6.45) is 2.95. The van der Waals surface area contributed by atoms with E-state index in [4.69, 9.17) is 4.52 Å². The van der Waals surface area contributed by atoms with E-state index < -0.39 is 0 Å². The molecule has 0 saturated carbocycles. The quantitative estimate of drug-likeness (QED) is 0.880. The Bertz CT molecular complexity index is 820. The number of hydrogen-bond acceptors (Lipinski definition) is 5. The van der Waals surface area contributed by atoms with Crippen molar-refractivity contribution in [1.29, 1.82) is 5.26 Å². The summed E-state index contributed by atoms with van der Waals surface area (Å²) >= 11 is 1.52. The summed E-state index contributed by atoms with van der Waals surface area (Å²) in [4.78, 5) is 13.5. The molecule has 24 heavy (non-hydrogen) atoms. The van der Waals surface area contributed by atoms with Crippen LogP contribution in [-0.2, 0) is 12.8 Å². The number of aryl methyl sites for hydroxylation is 1. The van der Waals surface area contributed by atoms with Gasteiger partial charge in [0.15, 0.2) is 5.69 Å². The van der Waals surface area contributed by atoms with E-state index in [0.29, 0.717) is 22.2 Å². The maximum Gasteiger partial charge on any atom is 0.278 e. The van der Waals surface area contributed by atoms with E-state index in [9.17, 15) is 10.1 Å². The zero-order valence-corrected chi connectivity index (χ0v) is 15.2. The number of nitrogens with one attached hydrogen (secondary N) is 1. The third-order valence-electron chi connectivity index (χ3n) is 4.69. The van der Waals surface area contributed by atoms with Crippen molar-refractivity contribution in [2.45, 2.75) is 47.0 Å². The van der Waals surface area contributed by atoms with Crippen molar-refractivity contribution >= 4 is 22.2 Å². The summed E-state index contributed by atoms with van der Waals surface area (Å²) in [6, 6.07) is 3.86. The number of carbonyl (C=O) groups is 1. The van der Waals surface area contributed by atoms with Crippen LogP contribution in [0.1, 0.15) is 59.4 Å². The lowest BCUT2D eigenvalue weighted by molar-refractivity contribution is 0.101. The molecule has 0 radical (unpaired) electrons. The van der Waals surface area contributed by atoms with Crippen molar-refractivity contribution in [3.8, 4) is 6.07 Å². The van der Waals surface area contributed by atoms with Crippen LogP contribution in [0.3, 0.4) is 0 Å². The van der Waals surface area contributed by atoms with Crippen molar-refractivity contribution < 1.29 is 9.32 Å². The number of fused-ring (bicyclic) bond motifs is 1. The van der Waals surface area contributed by atoms with E-state index in [2.05, 4.69) is 37.3 Å². The predicted octanol–water partition coefficient (Wildman–Crippen LogP) is 4.32. The normalized spacial score (nSPS) is 17.2. The van der Waals surface area contributed by atoms with Gasteiger partial charge in [0.05, 0.1) is 5.56 Å². The summed E-state index contributed by atoms with van der Waals surface area (Å²) in [5, 5.41) is 16.7. The molecule has 1 atom stereocenters. The lowest BCUT2D eigenvalue weighted by atomic mass is 9.72. The largest absolute Gasteiger partial charge is 0.361 e. The number of amides is 1. The van der Waals surface area contributed by atoms with Gasteiger partial charge < -0.3 is 9.84 Å². The van der Waals surface area contributed by atoms with E-state index >= 15 is 0 Å². The highest BCUT2D eigenvalue weighted by atomic mass is 32.1. The van der Waals surface area contributed by atoms with Gasteiger partial charge in [-0.2, -0.15) is 5.26 Å². The Labute approximate surface area is 145 Å². The van der Waals surface area contributed by atoms with Crippen molar-refractivity contribution in [1.82, 2.24) is 5.16 Å². The molecule has 0 aromatic carbocycles. The fraction of sp³-hybridized carbons (Fsp3) is 0.500. The minimum atomic E-state index is -0.339. The van der Waals surface area contributed by atoms with Crippen LogP contribution in [0.25, 0.3) is 0 Å². The molecule has 1 N–H and O–H groups in total. The number of aromatic nitrogens is 1. The average molecular weight is 343 g/mol. The van der Waals surface area contributed by atoms with Gasteiger partial charge in [0, 0.05) is 10.9 Å². The zero-order chi connectivity index (χ0) is 17.5. The van der Waals surface area contributed by atoms with E-state index in [1.165, 1.54) is 16.2 Å². The Balaban J connectivity index is 1.87. The summed E-state index contributed by atoms with van der Waals surface area (Å²) in [5.74, 6) is 0.838. The molecule has 6 heteroatoms. The minimum absolute atomic E-state index is 0.232. The summed E-state index contributed by atoms with van der Waals surface area (Å²) in [5.41, 5.74) is 2.19. The van der Waals surface area contributed by atoms with Gasteiger partial charge in [-0.25, -0.2) is 0 Å². The number of hydrogen-bond donors (Lipinski definition) is 1. The number of nitriles is 1. The van der Waals surface area contributed by atoms with Gasteiger partial charge in [0.25, 0.3) is 5.91 Å². The number of thiophene rings is 1. The molecule has 2 aromatic rings. The third kappa shape index (κ3) is 3.09. The first-order chi connectivity index (χ1) is 11.3. The number of anilines is 1. The standard InChI is InChI=1S/C18H21N3O2S/c1-10-7-14(21-23-10)16(22)20-17-13(9-19)12-6-5-11(18(2,3)4)8-15(12)24-17/h7,11H,5-6,8H2,1-4H3,(H,20,22)/t11-/m0/s1. The van der Waals surface area contributed by atoms with Gasteiger partial charge in [0.1, 0.15) is 16.8 Å². The molecule has 0 unspecified atom stereocenters. The van der Waals surface area contributed by atoms with Crippen molar-refractivity contribution in [2.75, 3.05) is 5.32 Å². The Morgan fingerprint density at radius 3 is 2.83 bits per heavy atom. The molecule has 2 aromatic heterocycles. The number of carbonyl (C=O) groups excluding carboxylic acids is 1. The summed E-state index contributed by atoms with van der Waals surface area (Å²) < 4.78 is 4.94. The molecule has 1 aliphatic carbocycles. The summed E-state index contributed by atoms with van der Waals surface area (Å²) in [7, 11) is 0. The molecule has 1 aliphatic rings. The second-order valence-corrected chi connectivity index (χ2v) is 8.51. The molecule has 1 amide bonds. The predicted molar refractivity (Wildman–Crippen MR) is 93.2 cm³/mol. The van der Waals surface area contributed by atoms with Gasteiger partial charge in [0.2, 0.25) is 0 Å². The second-order valence-electron chi connectivity index (χ2n) is 7.40. The number of nitrogens with zero attached hydrogens (tertiary/aromatic N) is 2. The lowest BCUT2D eigenvalue weighted by Crippen LogP contribution is -2.26. The van der Waals surface area contributed by atoms with Crippen LogP contribution < -0.4 is 5.32 Å². The maximum absolute atomic E-state index is 12.3. The van der Waals surface area contributed by atoms with Crippen LogP contribution in [0.4, 0.5) is 5.00 Å². The average Bonchev–Trinajstić information content (AvgIpc) is 3.08. The van der Waals surface area contributed by atoms with Crippen molar-refractivity contribution in [3.05, 3.63) is 33.5 Å². The zero-order valence-electron chi connectivity index (χ0n) is 14.4. The van der Waals surface area contributed by atoms with Crippen LogP contribution in [-0.4, -0.2) is 11.1 Å². The van der Waals surface area contributed by atoms with Gasteiger partial charge in [-0.3, -0.25) is 4.79 Å². The maximum atomic E-state index is 12.3.